The molecule has 0 spiro atoms. The predicted octanol–water partition coefficient (Wildman–Crippen LogP) is 1.08. The van der Waals surface area contributed by atoms with E-state index in [9.17, 15) is 0 Å². The normalized spacial score (nSPS) is 11.8. The molecule has 3 nitrogen and oxygen atoms in total. The van der Waals surface area contributed by atoms with E-state index in [1.165, 1.54) is 0 Å². The summed E-state index contributed by atoms with van der Waals surface area (Å²) in [4.78, 5) is 0. The maximum atomic E-state index is 3.87. The van der Waals surface area contributed by atoms with Crippen LogP contribution in [0.5, 0.6) is 0 Å². The van der Waals surface area contributed by atoms with E-state index in [1.54, 1.807) is 0 Å². The molecule has 0 amide bonds. The summed E-state index contributed by atoms with van der Waals surface area (Å²) < 4.78 is 0. The smallest absolute Gasteiger partial charge is 0.0581 e. The van der Waals surface area contributed by atoms with Crippen LogP contribution in [0.15, 0.2) is 12.4 Å². The Balaban J connectivity index is 2.37. The van der Waals surface area contributed by atoms with Gasteiger partial charge in [0.1, 0.15) is 0 Å². The molecule has 1 aromatic heterocycles. The zero-order chi connectivity index (χ0) is 8.81. The molecule has 1 rings (SSSR count). The lowest BCUT2D eigenvalue weighted by Crippen LogP contribution is -2.18. The van der Waals surface area contributed by atoms with Crippen molar-refractivity contribution in [3.8, 4) is 11.8 Å². The predicted molar refractivity (Wildman–Crippen MR) is 48.5 cm³/mol. The van der Waals surface area contributed by atoms with Gasteiger partial charge in [-0.15, -0.1) is 5.92 Å². The molecule has 3 heteroatoms. The minimum absolute atomic E-state index is 0.310. The fraction of sp³-hybridized carbons (Fsp3) is 0.444. The van der Waals surface area contributed by atoms with Gasteiger partial charge in [0.25, 0.3) is 0 Å². The van der Waals surface area contributed by atoms with E-state index in [0.29, 0.717) is 6.04 Å². The Morgan fingerprint density at radius 2 is 2.58 bits per heavy atom. The summed E-state index contributed by atoms with van der Waals surface area (Å²) in [5, 5.41) is 9.90. The summed E-state index contributed by atoms with van der Waals surface area (Å²) in [6.45, 7) is 4.65. The fourth-order valence-electron chi connectivity index (χ4n) is 0.908. The van der Waals surface area contributed by atoms with Crippen LogP contribution in [0.1, 0.15) is 25.5 Å². The van der Waals surface area contributed by atoms with Crippen molar-refractivity contribution in [2.75, 3.05) is 6.54 Å². The van der Waals surface area contributed by atoms with Gasteiger partial charge in [-0.3, -0.25) is 10.4 Å². The van der Waals surface area contributed by atoms with Crippen LogP contribution >= 0.6 is 0 Å². The number of nitrogens with zero attached hydrogens (tertiary/aromatic N) is 1. The van der Waals surface area contributed by atoms with E-state index in [-0.39, 0.29) is 0 Å². The van der Waals surface area contributed by atoms with Crippen molar-refractivity contribution in [1.82, 2.24) is 15.5 Å². The Hall–Kier alpha value is -1.27. The number of aromatic nitrogens is 2. The molecule has 64 valence electrons. The van der Waals surface area contributed by atoms with Gasteiger partial charge in [0.2, 0.25) is 0 Å². The van der Waals surface area contributed by atoms with Crippen LogP contribution in [0.25, 0.3) is 0 Å². The number of H-pyrrole nitrogens is 1. The lowest BCUT2D eigenvalue weighted by atomic mass is 10.2. The van der Waals surface area contributed by atoms with Crippen molar-refractivity contribution < 1.29 is 0 Å². The van der Waals surface area contributed by atoms with Gasteiger partial charge < -0.3 is 0 Å². The first kappa shape index (κ1) is 8.82. The first-order valence-corrected chi connectivity index (χ1v) is 3.96. The maximum Gasteiger partial charge on any atom is 0.0581 e. The van der Waals surface area contributed by atoms with Crippen molar-refractivity contribution in [2.24, 2.45) is 0 Å². The highest BCUT2D eigenvalue weighted by Gasteiger charge is 2.02. The number of aromatic amines is 1. The second-order valence-electron chi connectivity index (χ2n) is 2.56. The van der Waals surface area contributed by atoms with Gasteiger partial charge in [0.05, 0.1) is 12.7 Å². The minimum atomic E-state index is 0.310. The van der Waals surface area contributed by atoms with Gasteiger partial charge in [0.15, 0.2) is 0 Å². The average molecular weight is 163 g/mol. The van der Waals surface area contributed by atoms with Crippen molar-refractivity contribution >= 4 is 0 Å². The number of hydrogen-bond acceptors (Lipinski definition) is 2. The molecule has 1 atom stereocenters. The lowest BCUT2D eigenvalue weighted by Gasteiger charge is -2.07. The molecule has 0 bridgehead atoms. The first-order valence-electron chi connectivity index (χ1n) is 3.96. The molecule has 2 N–H and O–H groups in total. The number of hydrogen-bond donors (Lipinski definition) is 2. The summed E-state index contributed by atoms with van der Waals surface area (Å²) in [6.07, 6.45) is 3.70. The standard InChI is InChI=1S/C9H13N3/c1-3-4-5-10-8(2)9-6-11-12-7-9/h6-8,10H,5H2,1-2H3,(H,11,12). The third kappa shape index (κ3) is 2.40. The highest BCUT2D eigenvalue weighted by atomic mass is 15.1. The summed E-state index contributed by atoms with van der Waals surface area (Å²) in [5.74, 6) is 5.78. The second kappa shape index (κ2) is 4.58. The zero-order valence-electron chi connectivity index (χ0n) is 7.39. The first-order chi connectivity index (χ1) is 5.84. The van der Waals surface area contributed by atoms with Gasteiger partial charge in [-0.1, -0.05) is 5.92 Å². The van der Waals surface area contributed by atoms with Crippen LogP contribution < -0.4 is 5.32 Å². The maximum absolute atomic E-state index is 3.87. The van der Waals surface area contributed by atoms with Gasteiger partial charge in [-0.05, 0) is 13.8 Å². The molecule has 1 aromatic rings. The van der Waals surface area contributed by atoms with E-state index in [4.69, 9.17) is 0 Å². The highest BCUT2D eigenvalue weighted by molar-refractivity contribution is 5.09. The molecule has 0 saturated heterocycles. The highest BCUT2D eigenvalue weighted by Crippen LogP contribution is 2.07. The summed E-state index contributed by atoms with van der Waals surface area (Å²) in [6, 6.07) is 0.310. The third-order valence-corrected chi connectivity index (χ3v) is 1.69. The van der Waals surface area contributed by atoms with Gasteiger partial charge in [0, 0.05) is 17.8 Å². The van der Waals surface area contributed by atoms with E-state index in [0.717, 1.165) is 12.1 Å². The Bertz CT molecular complexity index is 266. The van der Waals surface area contributed by atoms with E-state index >= 15 is 0 Å². The number of nitrogens with one attached hydrogen (secondary N) is 2. The third-order valence-electron chi connectivity index (χ3n) is 1.69. The van der Waals surface area contributed by atoms with Crippen molar-refractivity contribution in [2.45, 2.75) is 19.9 Å². The molecule has 0 aromatic carbocycles. The molecule has 0 saturated carbocycles. The fourth-order valence-corrected chi connectivity index (χ4v) is 0.908. The van der Waals surface area contributed by atoms with E-state index in [1.807, 2.05) is 19.3 Å². The molecule has 0 aliphatic heterocycles. The quantitative estimate of drug-likeness (QED) is 0.655. The summed E-state index contributed by atoms with van der Waals surface area (Å²) in [7, 11) is 0. The Morgan fingerprint density at radius 1 is 1.75 bits per heavy atom. The monoisotopic (exact) mass is 163 g/mol. The van der Waals surface area contributed by atoms with Gasteiger partial charge in [-0.25, -0.2) is 0 Å². The van der Waals surface area contributed by atoms with Crippen LogP contribution in [0, 0.1) is 11.8 Å². The van der Waals surface area contributed by atoms with Crippen LogP contribution in [0.3, 0.4) is 0 Å². The summed E-state index contributed by atoms with van der Waals surface area (Å²) in [5.41, 5.74) is 1.16. The Labute approximate surface area is 72.6 Å². The molecule has 1 heterocycles. The van der Waals surface area contributed by atoms with Crippen LogP contribution in [-0.2, 0) is 0 Å². The zero-order valence-corrected chi connectivity index (χ0v) is 7.39. The van der Waals surface area contributed by atoms with Gasteiger partial charge in [-0.2, -0.15) is 5.10 Å². The minimum Gasteiger partial charge on any atom is -0.299 e. The molecule has 0 aliphatic rings. The molecular weight excluding hydrogens is 150 g/mol. The van der Waals surface area contributed by atoms with Crippen LogP contribution in [0.2, 0.25) is 0 Å². The largest absolute Gasteiger partial charge is 0.299 e. The molecule has 0 fully saturated rings. The average Bonchev–Trinajstić information content (AvgIpc) is 2.56. The van der Waals surface area contributed by atoms with Gasteiger partial charge >= 0.3 is 0 Å². The SMILES string of the molecule is CC#CCNC(C)c1cn[nH]c1. The topological polar surface area (TPSA) is 40.7 Å². The van der Waals surface area contributed by atoms with Crippen molar-refractivity contribution in [3.63, 3.8) is 0 Å². The Kier molecular flexibility index (Phi) is 3.36. The number of rotatable bonds is 3. The van der Waals surface area contributed by atoms with Crippen LogP contribution in [-0.4, -0.2) is 16.7 Å². The van der Waals surface area contributed by atoms with E-state index in [2.05, 4.69) is 34.3 Å². The van der Waals surface area contributed by atoms with Crippen LogP contribution in [0.4, 0.5) is 0 Å². The molecule has 0 radical (unpaired) electrons. The Morgan fingerprint density at radius 3 is 3.17 bits per heavy atom. The molecule has 12 heavy (non-hydrogen) atoms. The van der Waals surface area contributed by atoms with Crippen molar-refractivity contribution in [3.05, 3.63) is 18.0 Å². The molecule has 0 aliphatic carbocycles. The second-order valence-corrected chi connectivity index (χ2v) is 2.56. The molecular formula is C9H13N3. The lowest BCUT2D eigenvalue weighted by molar-refractivity contribution is 0.623. The summed E-state index contributed by atoms with van der Waals surface area (Å²) >= 11 is 0. The molecule has 1 unspecified atom stereocenters. The van der Waals surface area contributed by atoms with Crippen molar-refractivity contribution in [1.29, 1.82) is 0 Å². The van der Waals surface area contributed by atoms with E-state index < -0.39 is 0 Å².